The predicted molar refractivity (Wildman–Crippen MR) is 75.1 cm³/mol. The van der Waals surface area contributed by atoms with Gasteiger partial charge in [-0.15, -0.1) is 0 Å². The van der Waals surface area contributed by atoms with Gasteiger partial charge >= 0.3 is 5.97 Å². The topological polar surface area (TPSA) is 26.3 Å². The van der Waals surface area contributed by atoms with Gasteiger partial charge in [-0.1, -0.05) is 30.3 Å². The molecule has 3 aromatic carbocycles. The van der Waals surface area contributed by atoms with Crippen molar-refractivity contribution in [1.29, 1.82) is 0 Å². The van der Waals surface area contributed by atoms with Crippen molar-refractivity contribution in [2.24, 2.45) is 0 Å². The van der Waals surface area contributed by atoms with Crippen molar-refractivity contribution in [3.8, 4) is 5.75 Å². The molecule has 0 aliphatic rings. The summed E-state index contributed by atoms with van der Waals surface area (Å²) < 4.78 is 70.6. The number of hydrogen-bond acceptors (Lipinski definition) is 2. The summed E-state index contributed by atoms with van der Waals surface area (Å²) in [6.45, 7) is 0. The van der Waals surface area contributed by atoms with Crippen molar-refractivity contribution in [2.75, 3.05) is 0 Å². The summed E-state index contributed by atoms with van der Waals surface area (Å²) in [6, 6.07) is 11.2. The van der Waals surface area contributed by atoms with Crippen LogP contribution in [0.2, 0.25) is 0 Å². The molecule has 3 rings (SSSR count). The van der Waals surface area contributed by atoms with Crippen molar-refractivity contribution in [3.05, 3.63) is 77.1 Å². The van der Waals surface area contributed by atoms with E-state index in [2.05, 4.69) is 4.74 Å². The number of halogens is 5. The first-order valence-electron chi connectivity index (χ1n) is 6.62. The molecule has 0 aromatic heterocycles. The van der Waals surface area contributed by atoms with E-state index in [-0.39, 0.29) is 5.56 Å². The summed E-state index contributed by atoms with van der Waals surface area (Å²) >= 11 is 0. The first-order chi connectivity index (χ1) is 11.4. The second kappa shape index (κ2) is 5.92. The van der Waals surface area contributed by atoms with Crippen LogP contribution in [0.15, 0.2) is 42.5 Å². The minimum Gasteiger partial charge on any atom is -0.416 e. The molecule has 122 valence electrons. The zero-order chi connectivity index (χ0) is 17.4. The highest BCUT2D eigenvalue weighted by Gasteiger charge is 2.28. The Morgan fingerprint density at radius 1 is 0.708 bits per heavy atom. The van der Waals surface area contributed by atoms with E-state index in [1.807, 2.05) is 0 Å². The van der Waals surface area contributed by atoms with Crippen molar-refractivity contribution in [2.45, 2.75) is 0 Å². The maximum Gasteiger partial charge on any atom is 0.343 e. The molecule has 24 heavy (non-hydrogen) atoms. The molecule has 0 radical (unpaired) electrons. The van der Waals surface area contributed by atoms with Crippen LogP contribution in [0.5, 0.6) is 5.75 Å². The molecule has 0 N–H and O–H groups in total. The largest absolute Gasteiger partial charge is 0.416 e. The molecule has 2 nitrogen and oxygen atoms in total. The van der Waals surface area contributed by atoms with E-state index in [4.69, 9.17) is 0 Å². The van der Waals surface area contributed by atoms with Gasteiger partial charge in [0.15, 0.2) is 0 Å². The SMILES string of the molecule is O=C(Oc1c(F)c(F)c(F)c(F)c1F)c1ccc2ccccc2c1. The molecular weight excluding hydrogens is 331 g/mol. The fraction of sp³-hybridized carbons (Fsp3) is 0. The number of esters is 1. The van der Waals surface area contributed by atoms with Crippen LogP contribution in [0.25, 0.3) is 10.8 Å². The molecule has 3 aromatic rings. The molecule has 0 heterocycles. The molecule has 0 atom stereocenters. The van der Waals surface area contributed by atoms with Gasteiger partial charge in [-0.05, 0) is 22.9 Å². The van der Waals surface area contributed by atoms with E-state index in [1.165, 1.54) is 12.1 Å². The van der Waals surface area contributed by atoms with E-state index < -0.39 is 40.8 Å². The molecule has 0 saturated heterocycles. The number of hydrogen-bond donors (Lipinski definition) is 0. The zero-order valence-electron chi connectivity index (χ0n) is 11.7. The molecule has 0 fully saturated rings. The number of carbonyl (C=O) groups is 1. The number of benzene rings is 3. The lowest BCUT2D eigenvalue weighted by Crippen LogP contribution is -2.13. The number of carbonyl (C=O) groups excluding carboxylic acids is 1. The molecule has 0 saturated carbocycles. The van der Waals surface area contributed by atoms with Crippen LogP contribution < -0.4 is 4.74 Å². The number of fused-ring (bicyclic) bond motifs is 1. The van der Waals surface area contributed by atoms with Gasteiger partial charge < -0.3 is 4.74 Å². The molecule has 0 aliphatic heterocycles. The minimum absolute atomic E-state index is 0.0994. The Labute approximate surface area is 132 Å². The molecule has 0 unspecified atom stereocenters. The maximum absolute atomic E-state index is 13.5. The standard InChI is InChI=1S/C17H7F5O2/c18-11-12(19)14(21)16(15(22)13(11)20)24-17(23)10-6-5-8-3-1-2-4-9(8)7-10/h1-7H. The Bertz CT molecular complexity index is 940. The van der Waals surface area contributed by atoms with E-state index in [1.54, 1.807) is 30.3 Å². The fourth-order valence-electron chi connectivity index (χ4n) is 2.14. The minimum atomic E-state index is -2.32. The lowest BCUT2D eigenvalue weighted by atomic mass is 10.1. The van der Waals surface area contributed by atoms with Gasteiger partial charge in [0.05, 0.1) is 5.56 Å². The normalized spacial score (nSPS) is 10.9. The van der Waals surface area contributed by atoms with Crippen molar-refractivity contribution in [1.82, 2.24) is 0 Å². The third-order valence-electron chi connectivity index (χ3n) is 3.35. The summed E-state index contributed by atoms with van der Waals surface area (Å²) in [5.41, 5.74) is -0.0994. The zero-order valence-corrected chi connectivity index (χ0v) is 11.7. The molecule has 7 heteroatoms. The van der Waals surface area contributed by atoms with E-state index in [0.717, 1.165) is 5.39 Å². The van der Waals surface area contributed by atoms with E-state index in [0.29, 0.717) is 5.39 Å². The van der Waals surface area contributed by atoms with Crippen molar-refractivity contribution < 1.29 is 31.5 Å². The second-order valence-corrected chi connectivity index (χ2v) is 4.85. The Morgan fingerprint density at radius 2 is 1.25 bits per heavy atom. The van der Waals surface area contributed by atoms with Gasteiger partial charge in [0.1, 0.15) is 0 Å². The fourth-order valence-corrected chi connectivity index (χ4v) is 2.14. The molecule has 0 aliphatic carbocycles. The van der Waals surface area contributed by atoms with Gasteiger partial charge in [-0.3, -0.25) is 0 Å². The Kier molecular flexibility index (Phi) is 3.92. The predicted octanol–water partition coefficient (Wildman–Crippen LogP) is 4.75. The average Bonchev–Trinajstić information content (AvgIpc) is 2.61. The molecular formula is C17H7F5O2. The second-order valence-electron chi connectivity index (χ2n) is 4.85. The highest BCUT2D eigenvalue weighted by atomic mass is 19.2. The van der Waals surface area contributed by atoms with Gasteiger partial charge in [0.2, 0.25) is 34.8 Å². The van der Waals surface area contributed by atoms with Crippen molar-refractivity contribution in [3.63, 3.8) is 0 Å². The summed E-state index contributed by atoms with van der Waals surface area (Å²) in [4.78, 5) is 12.0. The highest BCUT2D eigenvalue weighted by molar-refractivity contribution is 5.96. The summed E-state index contributed by atoms with van der Waals surface area (Å²) in [6.07, 6.45) is 0. The Balaban J connectivity index is 2.00. The number of ether oxygens (including phenoxy) is 1. The van der Waals surface area contributed by atoms with Gasteiger partial charge in [-0.25, -0.2) is 18.0 Å². The van der Waals surface area contributed by atoms with Crippen LogP contribution in [0.4, 0.5) is 22.0 Å². The monoisotopic (exact) mass is 338 g/mol. The van der Waals surface area contributed by atoms with Crippen LogP contribution in [0.1, 0.15) is 10.4 Å². The van der Waals surface area contributed by atoms with E-state index >= 15 is 0 Å². The highest BCUT2D eigenvalue weighted by Crippen LogP contribution is 2.30. The Hall–Kier alpha value is -2.96. The maximum atomic E-state index is 13.5. The summed E-state index contributed by atoms with van der Waals surface area (Å²) in [7, 11) is 0. The molecule has 0 bridgehead atoms. The molecule has 0 spiro atoms. The van der Waals surface area contributed by atoms with Crippen LogP contribution >= 0.6 is 0 Å². The number of rotatable bonds is 2. The summed E-state index contributed by atoms with van der Waals surface area (Å²) in [5, 5.41) is 1.44. The third kappa shape index (κ3) is 2.58. The molecule has 0 amide bonds. The van der Waals surface area contributed by atoms with E-state index in [9.17, 15) is 26.7 Å². The first kappa shape index (κ1) is 15.9. The van der Waals surface area contributed by atoms with Crippen LogP contribution in [0, 0.1) is 29.1 Å². The first-order valence-corrected chi connectivity index (χ1v) is 6.62. The lowest BCUT2D eigenvalue weighted by Gasteiger charge is -2.09. The van der Waals surface area contributed by atoms with Gasteiger partial charge in [0.25, 0.3) is 0 Å². The van der Waals surface area contributed by atoms with Crippen LogP contribution in [-0.4, -0.2) is 5.97 Å². The van der Waals surface area contributed by atoms with Crippen LogP contribution in [0.3, 0.4) is 0 Å². The summed E-state index contributed by atoms with van der Waals surface area (Å²) in [5.74, 6) is -14.0. The third-order valence-corrected chi connectivity index (χ3v) is 3.35. The lowest BCUT2D eigenvalue weighted by molar-refractivity contribution is 0.0716. The van der Waals surface area contributed by atoms with Crippen LogP contribution in [-0.2, 0) is 0 Å². The van der Waals surface area contributed by atoms with Crippen molar-refractivity contribution >= 4 is 16.7 Å². The quantitative estimate of drug-likeness (QED) is 0.221. The Morgan fingerprint density at radius 3 is 1.88 bits per heavy atom. The smallest absolute Gasteiger partial charge is 0.343 e. The average molecular weight is 338 g/mol. The van der Waals surface area contributed by atoms with Gasteiger partial charge in [-0.2, -0.15) is 8.78 Å². The van der Waals surface area contributed by atoms with Gasteiger partial charge in [0, 0.05) is 0 Å².